The Bertz CT molecular complexity index is 1070. The van der Waals surface area contributed by atoms with Crippen LogP contribution in [0, 0.1) is 0 Å². The maximum atomic E-state index is 6.39. The molecule has 5 rings (SSSR count). The topological polar surface area (TPSA) is 75.2 Å². The minimum atomic E-state index is -0.389. The average Bonchev–Trinajstić information content (AvgIpc) is 3.41. The highest BCUT2D eigenvalue weighted by Gasteiger charge is 2.27. The van der Waals surface area contributed by atoms with Gasteiger partial charge in [-0.25, -0.2) is 4.98 Å². The molecule has 1 atom stereocenters. The third-order valence-electron chi connectivity index (χ3n) is 5.15. The molecule has 29 heavy (non-hydrogen) atoms. The first-order valence-electron chi connectivity index (χ1n) is 9.87. The lowest BCUT2D eigenvalue weighted by Crippen LogP contribution is -2.25. The predicted octanol–water partition coefficient (Wildman–Crippen LogP) is 3.75. The van der Waals surface area contributed by atoms with Crippen molar-refractivity contribution >= 4 is 11.0 Å². The second-order valence-corrected chi connectivity index (χ2v) is 7.15. The summed E-state index contributed by atoms with van der Waals surface area (Å²) in [6, 6.07) is 18.0. The molecule has 1 unspecified atom stereocenters. The van der Waals surface area contributed by atoms with Gasteiger partial charge in [-0.05, 0) is 30.5 Å². The molecule has 0 aliphatic carbocycles. The van der Waals surface area contributed by atoms with Crippen molar-refractivity contribution in [2.45, 2.75) is 31.6 Å². The predicted molar refractivity (Wildman–Crippen MR) is 106 cm³/mol. The van der Waals surface area contributed by atoms with Crippen LogP contribution in [0.5, 0.6) is 0 Å². The Labute approximate surface area is 168 Å². The van der Waals surface area contributed by atoms with Crippen molar-refractivity contribution in [2.75, 3.05) is 13.2 Å². The number of aromatic nitrogens is 4. The highest BCUT2D eigenvalue weighted by molar-refractivity contribution is 5.74. The van der Waals surface area contributed by atoms with Crippen LogP contribution in [0.4, 0.5) is 0 Å². The molecular weight excluding hydrogens is 368 g/mol. The van der Waals surface area contributed by atoms with Crippen LogP contribution in [0.25, 0.3) is 11.0 Å². The molecule has 0 amide bonds. The molecule has 148 valence electrons. The molecule has 1 aliphatic heterocycles. The van der Waals surface area contributed by atoms with Gasteiger partial charge in [-0.15, -0.1) is 0 Å². The molecule has 2 aromatic heterocycles. The van der Waals surface area contributed by atoms with Gasteiger partial charge >= 0.3 is 0 Å². The number of para-hydroxylation sites is 2. The lowest BCUT2D eigenvalue weighted by molar-refractivity contribution is -0.0647. The summed E-state index contributed by atoms with van der Waals surface area (Å²) in [5, 5.41) is 4.20. The van der Waals surface area contributed by atoms with Gasteiger partial charge in [-0.2, -0.15) is 4.98 Å². The summed E-state index contributed by atoms with van der Waals surface area (Å²) in [7, 11) is 0. The standard InChI is InChI=1S/C22H22N4O3/c1-2-6-16(7-3-1)21(28-17-10-12-27-13-11-17)22-24-20(25-29-22)14-26-15-23-18-8-4-5-9-19(18)26/h1-9,15,17,21H,10-14H2. The van der Waals surface area contributed by atoms with Crippen LogP contribution in [-0.2, 0) is 16.0 Å². The van der Waals surface area contributed by atoms with E-state index < -0.39 is 0 Å². The molecule has 4 aromatic rings. The highest BCUT2D eigenvalue weighted by atomic mass is 16.5. The molecule has 0 bridgehead atoms. The summed E-state index contributed by atoms with van der Waals surface area (Å²) >= 11 is 0. The summed E-state index contributed by atoms with van der Waals surface area (Å²) in [5.74, 6) is 1.07. The number of imidazole rings is 1. The summed E-state index contributed by atoms with van der Waals surface area (Å²) in [6.07, 6.45) is 3.26. The smallest absolute Gasteiger partial charge is 0.260 e. The lowest BCUT2D eigenvalue weighted by atomic mass is 10.1. The van der Waals surface area contributed by atoms with Crippen molar-refractivity contribution in [3.8, 4) is 0 Å². The summed E-state index contributed by atoms with van der Waals surface area (Å²) in [4.78, 5) is 9.07. The summed E-state index contributed by atoms with van der Waals surface area (Å²) in [5.41, 5.74) is 2.99. The van der Waals surface area contributed by atoms with Gasteiger partial charge < -0.3 is 18.6 Å². The van der Waals surface area contributed by atoms with E-state index in [2.05, 4.69) is 15.1 Å². The van der Waals surface area contributed by atoms with Crippen molar-refractivity contribution in [3.63, 3.8) is 0 Å². The highest BCUT2D eigenvalue weighted by Crippen LogP contribution is 2.29. The van der Waals surface area contributed by atoms with Gasteiger partial charge in [0.1, 0.15) is 0 Å². The first kappa shape index (κ1) is 18.0. The Balaban J connectivity index is 1.40. The Kier molecular flexibility index (Phi) is 5.06. The van der Waals surface area contributed by atoms with Gasteiger partial charge in [0.15, 0.2) is 11.9 Å². The van der Waals surface area contributed by atoms with E-state index in [0.29, 0.717) is 18.3 Å². The van der Waals surface area contributed by atoms with E-state index >= 15 is 0 Å². The SMILES string of the molecule is c1ccc(C(OC2CCOCC2)c2nc(Cn3cnc4ccccc43)no2)cc1. The number of nitrogens with zero attached hydrogens (tertiary/aromatic N) is 4. The van der Waals surface area contributed by atoms with E-state index in [1.807, 2.05) is 59.2 Å². The molecule has 1 aliphatic rings. The minimum absolute atomic E-state index is 0.113. The van der Waals surface area contributed by atoms with E-state index in [9.17, 15) is 0 Å². The van der Waals surface area contributed by atoms with E-state index in [1.165, 1.54) is 0 Å². The number of hydrogen-bond donors (Lipinski definition) is 0. The third-order valence-corrected chi connectivity index (χ3v) is 5.15. The van der Waals surface area contributed by atoms with Crippen LogP contribution in [0.15, 0.2) is 65.4 Å². The molecule has 0 saturated carbocycles. The van der Waals surface area contributed by atoms with Crippen LogP contribution in [0.2, 0.25) is 0 Å². The molecule has 1 fully saturated rings. The fraction of sp³-hybridized carbons (Fsp3) is 0.318. The van der Waals surface area contributed by atoms with Gasteiger partial charge in [0.25, 0.3) is 5.89 Å². The second-order valence-electron chi connectivity index (χ2n) is 7.15. The average molecular weight is 390 g/mol. The molecule has 7 nitrogen and oxygen atoms in total. The van der Waals surface area contributed by atoms with Crippen LogP contribution in [0.3, 0.4) is 0 Å². The molecule has 0 N–H and O–H groups in total. The van der Waals surface area contributed by atoms with E-state index in [-0.39, 0.29) is 12.2 Å². The summed E-state index contributed by atoms with van der Waals surface area (Å²) < 4.78 is 19.5. The van der Waals surface area contributed by atoms with Crippen LogP contribution in [0.1, 0.15) is 36.2 Å². The molecule has 0 radical (unpaired) electrons. The Morgan fingerprint density at radius 1 is 1.03 bits per heavy atom. The van der Waals surface area contributed by atoms with E-state index in [4.69, 9.17) is 14.0 Å². The van der Waals surface area contributed by atoms with Crippen molar-refractivity contribution in [1.29, 1.82) is 0 Å². The summed E-state index contributed by atoms with van der Waals surface area (Å²) in [6.45, 7) is 1.92. The van der Waals surface area contributed by atoms with E-state index in [0.717, 1.165) is 42.7 Å². The molecule has 0 spiro atoms. The molecular formula is C22H22N4O3. The number of hydrogen-bond acceptors (Lipinski definition) is 6. The largest absolute Gasteiger partial charge is 0.381 e. The molecule has 7 heteroatoms. The third kappa shape index (κ3) is 3.92. The quantitative estimate of drug-likeness (QED) is 0.499. The first-order chi connectivity index (χ1) is 14.4. The van der Waals surface area contributed by atoms with Crippen molar-refractivity contribution < 1.29 is 14.0 Å². The normalized spacial score (nSPS) is 16.3. The van der Waals surface area contributed by atoms with Gasteiger partial charge in [0.05, 0.1) is 30.0 Å². The maximum Gasteiger partial charge on any atom is 0.260 e. The molecule has 2 aromatic carbocycles. The van der Waals surface area contributed by atoms with Gasteiger partial charge in [-0.3, -0.25) is 0 Å². The Morgan fingerprint density at radius 3 is 2.69 bits per heavy atom. The first-order valence-corrected chi connectivity index (χ1v) is 9.87. The number of fused-ring (bicyclic) bond motifs is 1. The Morgan fingerprint density at radius 2 is 1.83 bits per heavy atom. The van der Waals surface area contributed by atoms with Crippen molar-refractivity contribution in [2.24, 2.45) is 0 Å². The number of rotatable bonds is 6. The van der Waals surface area contributed by atoms with Crippen molar-refractivity contribution in [3.05, 3.63) is 78.2 Å². The van der Waals surface area contributed by atoms with Crippen molar-refractivity contribution in [1.82, 2.24) is 19.7 Å². The lowest BCUT2D eigenvalue weighted by Gasteiger charge is -2.26. The number of ether oxygens (including phenoxy) is 2. The van der Waals surface area contributed by atoms with Crippen LogP contribution in [-0.4, -0.2) is 39.0 Å². The monoisotopic (exact) mass is 390 g/mol. The van der Waals surface area contributed by atoms with E-state index in [1.54, 1.807) is 6.33 Å². The van der Waals surface area contributed by atoms with Gasteiger partial charge in [-0.1, -0.05) is 47.6 Å². The zero-order valence-electron chi connectivity index (χ0n) is 16.0. The Hall–Kier alpha value is -3.03. The minimum Gasteiger partial charge on any atom is -0.381 e. The van der Waals surface area contributed by atoms with Gasteiger partial charge in [0, 0.05) is 13.2 Å². The zero-order chi connectivity index (χ0) is 19.5. The molecule has 1 saturated heterocycles. The maximum absolute atomic E-state index is 6.39. The van der Waals surface area contributed by atoms with Crippen LogP contribution >= 0.6 is 0 Å². The molecule has 3 heterocycles. The zero-order valence-corrected chi connectivity index (χ0v) is 16.0. The second kappa shape index (κ2) is 8.14. The number of benzene rings is 2. The fourth-order valence-electron chi connectivity index (χ4n) is 3.64. The van der Waals surface area contributed by atoms with Gasteiger partial charge in [0.2, 0.25) is 0 Å². The fourth-order valence-corrected chi connectivity index (χ4v) is 3.64. The van der Waals surface area contributed by atoms with Crippen LogP contribution < -0.4 is 0 Å².